The van der Waals surface area contributed by atoms with E-state index >= 15 is 33.6 Å². The van der Waals surface area contributed by atoms with E-state index in [1.54, 1.807) is 41.5 Å². The predicted octanol–water partition coefficient (Wildman–Crippen LogP) is -4.26. The van der Waals surface area contributed by atoms with Crippen LogP contribution >= 0.6 is 11.8 Å². The van der Waals surface area contributed by atoms with Crippen molar-refractivity contribution in [3.05, 3.63) is 156 Å². The molecule has 6 aromatic rings. The molecule has 3 heterocycles. The van der Waals surface area contributed by atoms with Crippen molar-refractivity contribution in [3.8, 4) is 23.0 Å². The largest absolute Gasteiger partial charge is 0.508 e. The monoisotopic (exact) mass is 1910 g/mol. The van der Waals surface area contributed by atoms with Gasteiger partial charge in [-0.25, -0.2) is 9.97 Å². The molecule has 16 amide bonds. The van der Waals surface area contributed by atoms with Crippen molar-refractivity contribution in [3.63, 3.8) is 0 Å². The smallest absolute Gasteiger partial charge is 0.303 e. The number of hydrogen-bond acceptors (Lipinski definition) is 26. The van der Waals surface area contributed by atoms with E-state index in [9.17, 15) is 78.6 Å². The Kier molecular flexibility index (Phi) is 43.2. The molecule has 29 N–H and O–H groups in total. The number of thioether (sulfide) groups is 1. The number of carboxylic acids is 1. The van der Waals surface area contributed by atoms with Gasteiger partial charge in [-0.2, -0.15) is 0 Å². The Hall–Kier alpha value is -14.9. The molecular weight excluding hydrogens is 1790 g/mol. The molecule has 0 saturated carbocycles. The van der Waals surface area contributed by atoms with Crippen molar-refractivity contribution in [2.24, 2.45) is 29.2 Å². The average Bonchev–Trinajstić information content (AvgIpc) is 1.40. The van der Waals surface area contributed by atoms with Gasteiger partial charge < -0.3 is 137 Å². The Morgan fingerprint density at radius 2 is 0.794 bits per heavy atom. The highest BCUT2D eigenvalue weighted by atomic mass is 32.2. The highest BCUT2D eigenvalue weighted by molar-refractivity contribution is 8.00. The first-order valence-electron chi connectivity index (χ1n) is 43.9. The summed E-state index contributed by atoms with van der Waals surface area (Å²) in [5.41, 5.74) is 12.6. The number of carbonyl (C=O) groups is 17. The van der Waals surface area contributed by atoms with Gasteiger partial charge in [-0.3, -0.25) is 86.9 Å². The van der Waals surface area contributed by atoms with Gasteiger partial charge in [0.05, 0.1) is 49.5 Å². The van der Waals surface area contributed by atoms with E-state index in [2.05, 4.69) is 105 Å². The number of phenols is 4. The number of aromatic hydroxyl groups is 4. The lowest BCUT2D eigenvalue weighted by molar-refractivity contribution is -0.138. The normalized spacial score (nSPS) is 22.5. The summed E-state index contributed by atoms with van der Waals surface area (Å²) in [6, 6.07) is -0.0655. The molecule has 0 spiro atoms. The number of nitrogens with two attached hydrogens (primary N) is 2. The van der Waals surface area contributed by atoms with Crippen LogP contribution in [0.2, 0.25) is 0 Å². The van der Waals surface area contributed by atoms with Crippen LogP contribution in [0.4, 0.5) is 0 Å². The third-order valence-electron chi connectivity index (χ3n) is 21.5. The summed E-state index contributed by atoms with van der Waals surface area (Å²) >= 11 is 0.673. The number of nitrogens with zero attached hydrogens (tertiary/aromatic N) is 2. The van der Waals surface area contributed by atoms with Crippen LogP contribution in [0.25, 0.3) is 0 Å². The molecule has 0 aliphatic carbocycles. The number of imidazole rings is 2. The first kappa shape index (κ1) is 108. The van der Waals surface area contributed by atoms with E-state index in [0.717, 1.165) is 0 Å². The second-order valence-electron chi connectivity index (χ2n) is 33.5. The van der Waals surface area contributed by atoms with E-state index < -0.39 is 267 Å². The zero-order valence-electron chi connectivity index (χ0n) is 75.8. The topological polar surface area (TPSA) is 737 Å². The van der Waals surface area contributed by atoms with Gasteiger partial charge in [0.25, 0.3) is 0 Å². The third kappa shape index (κ3) is 37.3. The summed E-state index contributed by atoms with van der Waals surface area (Å²) in [5, 5.41) is 111. The Labute approximate surface area is 786 Å². The lowest BCUT2D eigenvalue weighted by Crippen LogP contribution is -2.62. The molecule has 736 valence electrons. The number of phenolic OH excluding ortho intramolecular Hbond substituents is 4. The highest BCUT2D eigenvalue weighted by Gasteiger charge is 2.40. The maximum absolute atomic E-state index is 15.5. The van der Waals surface area contributed by atoms with Gasteiger partial charge in [-0.1, -0.05) is 96.5 Å². The second-order valence-corrected chi connectivity index (χ2v) is 34.5. The van der Waals surface area contributed by atoms with Gasteiger partial charge >= 0.3 is 5.97 Å². The number of rotatable bonds is 29. The quantitative estimate of drug-likeness (QED) is 0.0120. The molecule has 1 aliphatic rings. The molecule has 4 aromatic carbocycles. The Bertz CT molecular complexity index is 5070. The minimum Gasteiger partial charge on any atom is -0.508 e. The molecule has 0 unspecified atom stereocenters. The minimum absolute atomic E-state index is 0.00403. The lowest BCUT2D eigenvalue weighted by Gasteiger charge is -2.30. The zero-order valence-corrected chi connectivity index (χ0v) is 76.6. The highest BCUT2D eigenvalue weighted by Crippen LogP contribution is 2.21. The van der Waals surface area contributed by atoms with Gasteiger partial charge in [0.15, 0.2) is 5.96 Å². The van der Waals surface area contributed by atoms with Crippen LogP contribution in [0, 0.1) is 23.2 Å². The van der Waals surface area contributed by atoms with Gasteiger partial charge in [0.2, 0.25) is 94.5 Å². The van der Waals surface area contributed by atoms with Crippen LogP contribution in [0.15, 0.2) is 122 Å². The maximum Gasteiger partial charge on any atom is 0.303 e. The number of aliphatic hydroxyl groups excluding tert-OH is 1. The number of primary amides is 1. The molecule has 1 aliphatic heterocycles. The van der Waals surface area contributed by atoms with Crippen molar-refractivity contribution in [1.82, 2.24) is 105 Å². The molecule has 1 fully saturated rings. The van der Waals surface area contributed by atoms with E-state index in [0.29, 0.717) is 34.0 Å². The molecule has 1 saturated heterocycles. The van der Waals surface area contributed by atoms with E-state index in [1.165, 1.54) is 122 Å². The summed E-state index contributed by atoms with van der Waals surface area (Å²) < 4.78 is 0. The Morgan fingerprint density at radius 3 is 1.18 bits per heavy atom. The molecule has 14 atom stereocenters. The number of aliphatic carboxylic acids is 1. The van der Waals surface area contributed by atoms with Crippen molar-refractivity contribution in [1.29, 1.82) is 5.41 Å². The molecule has 0 radical (unpaired) electrons. The third-order valence-corrected chi connectivity index (χ3v) is 22.5. The number of aromatic amines is 2. The van der Waals surface area contributed by atoms with Crippen LogP contribution in [-0.4, -0.2) is 273 Å². The predicted molar refractivity (Wildman–Crippen MR) is 491 cm³/mol. The fourth-order valence-electron chi connectivity index (χ4n) is 14.1. The number of aliphatic hydroxyl groups is 1. The first-order valence-corrected chi connectivity index (χ1v) is 45.1. The maximum atomic E-state index is 15.5. The Morgan fingerprint density at radius 1 is 0.441 bits per heavy atom. The van der Waals surface area contributed by atoms with E-state index in [4.69, 9.17) is 16.9 Å². The van der Waals surface area contributed by atoms with Gasteiger partial charge in [0.1, 0.15) is 102 Å². The summed E-state index contributed by atoms with van der Waals surface area (Å²) in [5.74, 6) is -22.3. The van der Waals surface area contributed by atoms with Crippen molar-refractivity contribution in [2.75, 3.05) is 37.7 Å². The number of carbonyl (C=O) groups excluding carboxylic acids is 16. The second kappa shape index (κ2) is 54.3. The number of aromatic nitrogens is 4. The number of nitrogens with one attached hydrogen (secondary N) is 19. The summed E-state index contributed by atoms with van der Waals surface area (Å²) in [4.78, 5) is 260. The molecule has 7 rings (SSSR count). The van der Waals surface area contributed by atoms with Crippen LogP contribution in [0.5, 0.6) is 23.0 Å². The molecule has 46 nitrogen and oxygen atoms in total. The summed E-state index contributed by atoms with van der Waals surface area (Å²) in [7, 11) is 0. The van der Waals surface area contributed by atoms with Crippen LogP contribution in [0.1, 0.15) is 120 Å². The van der Waals surface area contributed by atoms with Gasteiger partial charge in [0, 0.05) is 69.6 Å². The van der Waals surface area contributed by atoms with Crippen LogP contribution in [0.3, 0.4) is 0 Å². The fourth-order valence-corrected chi connectivity index (χ4v) is 14.9. The van der Waals surface area contributed by atoms with Crippen molar-refractivity contribution in [2.45, 2.75) is 204 Å². The lowest BCUT2D eigenvalue weighted by atomic mass is 9.95. The van der Waals surface area contributed by atoms with E-state index in [1.807, 2.05) is 0 Å². The zero-order chi connectivity index (χ0) is 99.8. The summed E-state index contributed by atoms with van der Waals surface area (Å²) in [6.45, 7) is 7.02. The van der Waals surface area contributed by atoms with Gasteiger partial charge in [-0.05, 0) is 121 Å². The average molecular weight is 1910 g/mol. The van der Waals surface area contributed by atoms with Crippen molar-refractivity contribution >= 4 is 118 Å². The number of hydrogen-bond donors (Lipinski definition) is 27. The molecule has 47 heteroatoms. The molecule has 0 bridgehead atoms. The first-order chi connectivity index (χ1) is 64.6. The molecular formula is C89H121N23O23S. The summed E-state index contributed by atoms with van der Waals surface area (Å²) in [6.07, 6.45) is 1.21. The van der Waals surface area contributed by atoms with Crippen LogP contribution < -0.4 is 96.5 Å². The number of H-pyrrole nitrogens is 2. The van der Waals surface area contributed by atoms with Crippen LogP contribution in [-0.2, 0) is 120 Å². The fraction of sp³-hybridized carbons (Fsp3) is 0.461. The SMILES string of the molecule is CC[C@H](C)[C@@H]1NC(=O)[C@H](CCCNC(=N)N)NC(=O)[C@H](Cc2ccc(O)cc2)NC(=O)[C@H](Cc2ccc(O)cc2)NC(=O)[C@H](Cc2c[nH]cn2)NC(=O)[C@H](Cc2c[nH]cn2)NC(=O)[C@H](Cc2ccc(O)cc2)NC(=O)CSC[C@@H](C(=O)NCC(N)=O)NC(=O)[C@H](CO)NC(=O)[C@H](CC(C)C)NC(=O)[C@H](CCC(=O)O)NC(=O)CNC(=O)[C@H](Cc2ccc(O)cc2)NC(=O)[C@H](CC(C)C)NC1=O. The standard InChI is InChI=1S/C89H121N23O23S/c1-7-48(6)75-88(135)109-62(30-47(4)5)80(127)104-63(31-49-10-18-55(114)19-11-49)76(123)97-40-72(119)100-60(26-27-74(121)122)78(125)103-61(29-46(2)3)81(128)110-69(41-113)87(134)111-70(77(124)96-39-71(90)118)42-136-43-73(120)101-64(32-50-12-20-56(115)21-13-50)82(129)107-68(36-54-38-94-45-99-54)86(133)108-67(35-53-37-93-44-98-53)85(132)106-66(34-52-16-24-58(117)25-17-52)84(131)105-65(33-51-14-22-57(116)23-15-51)83(130)102-59(79(126)112-75)9-8-28-95-89(91)92/h10-25,37-38,44-48,59-70,75,113-117H,7-9,26-36,39-43H2,1-6H3,(H2,90,118)(H,93,98)(H,94,99)(H,96,124)(H,97,123)(H,100,119)(H,101,120)(H,102,130)(H,103,125)(H,104,127)(H,105,131)(H,106,132)(H,107,129)(H,108,133)(H,109,135)(H,110,128)(H,111,134)(H,112,126)(H,121,122)(H4,91,92,95)/t48-,59-,60-,61-,62-,63-,64-,65-,66-,67-,68-,69-,70-,75-/m0/s1. The van der Waals surface area contributed by atoms with Gasteiger partial charge in [-0.15, -0.1) is 11.8 Å². The van der Waals surface area contributed by atoms with E-state index in [-0.39, 0.29) is 91.8 Å². The van der Waals surface area contributed by atoms with Crippen molar-refractivity contribution < 1.29 is 112 Å². The number of carboxylic acid groups (broad SMARTS) is 1. The molecule has 136 heavy (non-hydrogen) atoms. The number of amides is 16. The Balaban J connectivity index is 1.33. The molecule has 2 aromatic heterocycles. The minimum atomic E-state index is -1.94. The number of benzene rings is 4. The number of guanidine groups is 1.